The molecule has 0 aliphatic rings. The first-order chi connectivity index (χ1) is 6.47. The van der Waals surface area contributed by atoms with Gasteiger partial charge in [-0.3, -0.25) is 9.59 Å². The van der Waals surface area contributed by atoms with Gasteiger partial charge in [0.25, 0.3) is 0 Å². The Labute approximate surface area is 83.9 Å². The highest BCUT2D eigenvalue weighted by molar-refractivity contribution is 5.70. The SMILES string of the molecule is CCCC(CC(C)CC(=O)O)C(=O)O. The van der Waals surface area contributed by atoms with Crippen molar-refractivity contribution in [2.45, 2.75) is 39.5 Å². The van der Waals surface area contributed by atoms with Gasteiger partial charge >= 0.3 is 11.9 Å². The molecule has 0 amide bonds. The first-order valence-corrected chi connectivity index (χ1v) is 4.92. The van der Waals surface area contributed by atoms with Crippen LogP contribution in [0.15, 0.2) is 0 Å². The summed E-state index contributed by atoms with van der Waals surface area (Å²) >= 11 is 0. The molecule has 0 saturated carbocycles. The topological polar surface area (TPSA) is 74.6 Å². The highest BCUT2D eigenvalue weighted by Gasteiger charge is 2.20. The van der Waals surface area contributed by atoms with E-state index in [4.69, 9.17) is 10.2 Å². The predicted octanol–water partition coefficient (Wildman–Crippen LogP) is 1.99. The van der Waals surface area contributed by atoms with Crippen LogP contribution in [0, 0.1) is 11.8 Å². The molecule has 0 aliphatic carbocycles. The summed E-state index contributed by atoms with van der Waals surface area (Å²) in [6.45, 7) is 3.71. The number of carboxylic acid groups (broad SMARTS) is 2. The fraction of sp³-hybridized carbons (Fsp3) is 0.800. The average molecular weight is 202 g/mol. The molecular weight excluding hydrogens is 184 g/mol. The molecule has 14 heavy (non-hydrogen) atoms. The molecule has 0 spiro atoms. The fourth-order valence-electron chi connectivity index (χ4n) is 1.56. The third-order valence-electron chi connectivity index (χ3n) is 2.20. The lowest BCUT2D eigenvalue weighted by molar-refractivity contribution is -0.144. The van der Waals surface area contributed by atoms with Crippen LogP contribution in [0.1, 0.15) is 39.5 Å². The molecule has 0 rings (SSSR count). The van der Waals surface area contributed by atoms with Crippen molar-refractivity contribution in [3.63, 3.8) is 0 Å². The van der Waals surface area contributed by atoms with Gasteiger partial charge in [-0.25, -0.2) is 0 Å². The number of carbonyl (C=O) groups is 2. The zero-order chi connectivity index (χ0) is 11.1. The number of hydrogen-bond acceptors (Lipinski definition) is 2. The number of carboxylic acids is 2. The molecule has 0 aromatic rings. The molecule has 0 saturated heterocycles. The Bertz CT molecular complexity index is 200. The molecule has 0 aliphatic heterocycles. The van der Waals surface area contributed by atoms with Crippen molar-refractivity contribution in [3.05, 3.63) is 0 Å². The van der Waals surface area contributed by atoms with Gasteiger partial charge in [0.15, 0.2) is 0 Å². The smallest absolute Gasteiger partial charge is 0.306 e. The summed E-state index contributed by atoms with van der Waals surface area (Å²) in [5, 5.41) is 17.4. The Hall–Kier alpha value is -1.06. The standard InChI is InChI=1S/C10H18O4/c1-3-4-8(10(13)14)5-7(2)6-9(11)12/h7-8H,3-6H2,1-2H3,(H,11,12)(H,13,14). The van der Waals surface area contributed by atoms with E-state index in [9.17, 15) is 9.59 Å². The molecule has 0 aromatic carbocycles. The second kappa shape index (κ2) is 6.40. The Balaban J connectivity index is 4.01. The number of rotatable bonds is 7. The molecule has 4 heteroatoms. The molecule has 0 aromatic heterocycles. The van der Waals surface area contributed by atoms with Crippen molar-refractivity contribution >= 4 is 11.9 Å². The van der Waals surface area contributed by atoms with E-state index >= 15 is 0 Å². The second-order valence-corrected chi connectivity index (χ2v) is 3.76. The molecule has 2 atom stereocenters. The molecular formula is C10H18O4. The van der Waals surface area contributed by atoms with Gasteiger partial charge < -0.3 is 10.2 Å². The van der Waals surface area contributed by atoms with Crippen molar-refractivity contribution in [1.29, 1.82) is 0 Å². The van der Waals surface area contributed by atoms with Crippen LogP contribution in [-0.4, -0.2) is 22.2 Å². The van der Waals surface area contributed by atoms with Crippen molar-refractivity contribution < 1.29 is 19.8 Å². The maximum Gasteiger partial charge on any atom is 0.306 e. The summed E-state index contributed by atoms with van der Waals surface area (Å²) in [6.07, 6.45) is 1.94. The molecule has 2 N–H and O–H groups in total. The van der Waals surface area contributed by atoms with E-state index in [1.165, 1.54) is 0 Å². The van der Waals surface area contributed by atoms with Gasteiger partial charge in [0.1, 0.15) is 0 Å². The van der Waals surface area contributed by atoms with Crippen LogP contribution in [0.4, 0.5) is 0 Å². The summed E-state index contributed by atoms with van der Waals surface area (Å²) < 4.78 is 0. The average Bonchev–Trinajstić information content (AvgIpc) is 2.01. The van der Waals surface area contributed by atoms with Gasteiger partial charge in [-0.1, -0.05) is 20.3 Å². The number of hydrogen-bond donors (Lipinski definition) is 2. The highest BCUT2D eigenvalue weighted by Crippen LogP contribution is 2.19. The lowest BCUT2D eigenvalue weighted by atomic mass is 9.90. The molecule has 0 radical (unpaired) electrons. The highest BCUT2D eigenvalue weighted by atomic mass is 16.4. The third kappa shape index (κ3) is 5.56. The van der Waals surface area contributed by atoms with E-state index in [2.05, 4.69) is 0 Å². The summed E-state index contributed by atoms with van der Waals surface area (Å²) in [7, 11) is 0. The maximum atomic E-state index is 10.8. The molecule has 2 unspecified atom stereocenters. The lowest BCUT2D eigenvalue weighted by Crippen LogP contribution is -2.18. The zero-order valence-electron chi connectivity index (χ0n) is 8.69. The van der Waals surface area contributed by atoms with Gasteiger partial charge in [-0.15, -0.1) is 0 Å². The summed E-state index contributed by atoms with van der Waals surface area (Å²) in [5.41, 5.74) is 0. The van der Waals surface area contributed by atoms with Crippen LogP contribution in [0.5, 0.6) is 0 Å². The third-order valence-corrected chi connectivity index (χ3v) is 2.20. The molecule has 4 nitrogen and oxygen atoms in total. The summed E-state index contributed by atoms with van der Waals surface area (Å²) in [5.74, 6) is -2.14. The Morgan fingerprint density at radius 3 is 2.21 bits per heavy atom. The minimum atomic E-state index is -0.863. The molecule has 0 fully saturated rings. The fourth-order valence-corrected chi connectivity index (χ4v) is 1.56. The van der Waals surface area contributed by atoms with Gasteiger partial charge in [0, 0.05) is 6.42 Å². The predicted molar refractivity (Wildman–Crippen MR) is 52.1 cm³/mol. The van der Waals surface area contributed by atoms with Gasteiger partial charge in [-0.2, -0.15) is 0 Å². The van der Waals surface area contributed by atoms with Gasteiger partial charge in [-0.05, 0) is 18.8 Å². The van der Waals surface area contributed by atoms with Gasteiger partial charge in [0.05, 0.1) is 5.92 Å². The van der Waals surface area contributed by atoms with Crippen molar-refractivity contribution in [3.8, 4) is 0 Å². The van der Waals surface area contributed by atoms with E-state index in [0.29, 0.717) is 12.8 Å². The molecule has 0 heterocycles. The first-order valence-electron chi connectivity index (χ1n) is 4.92. The van der Waals surface area contributed by atoms with Gasteiger partial charge in [0.2, 0.25) is 0 Å². The van der Waals surface area contributed by atoms with Crippen molar-refractivity contribution in [1.82, 2.24) is 0 Å². The Morgan fingerprint density at radius 1 is 1.29 bits per heavy atom. The second-order valence-electron chi connectivity index (χ2n) is 3.76. The van der Waals surface area contributed by atoms with Crippen LogP contribution in [0.3, 0.4) is 0 Å². The van der Waals surface area contributed by atoms with Crippen molar-refractivity contribution in [2.75, 3.05) is 0 Å². The Morgan fingerprint density at radius 2 is 1.86 bits per heavy atom. The summed E-state index contributed by atoms with van der Waals surface area (Å²) in [4.78, 5) is 21.1. The van der Waals surface area contributed by atoms with Crippen LogP contribution < -0.4 is 0 Å². The van der Waals surface area contributed by atoms with Crippen LogP contribution in [-0.2, 0) is 9.59 Å². The molecule has 82 valence electrons. The zero-order valence-corrected chi connectivity index (χ0v) is 8.69. The first kappa shape index (κ1) is 12.9. The van der Waals surface area contributed by atoms with Crippen LogP contribution in [0.2, 0.25) is 0 Å². The number of aliphatic carboxylic acids is 2. The van der Waals surface area contributed by atoms with E-state index < -0.39 is 17.9 Å². The molecule has 0 bridgehead atoms. The normalized spacial score (nSPS) is 14.7. The van der Waals surface area contributed by atoms with E-state index in [1.807, 2.05) is 6.92 Å². The van der Waals surface area contributed by atoms with E-state index in [0.717, 1.165) is 6.42 Å². The minimum absolute atomic E-state index is 0.0491. The van der Waals surface area contributed by atoms with Crippen molar-refractivity contribution in [2.24, 2.45) is 11.8 Å². The van der Waals surface area contributed by atoms with E-state index in [-0.39, 0.29) is 12.3 Å². The van der Waals surface area contributed by atoms with Crippen LogP contribution in [0.25, 0.3) is 0 Å². The lowest BCUT2D eigenvalue weighted by Gasteiger charge is -2.15. The van der Waals surface area contributed by atoms with Crippen LogP contribution >= 0.6 is 0 Å². The minimum Gasteiger partial charge on any atom is -0.481 e. The monoisotopic (exact) mass is 202 g/mol. The van der Waals surface area contributed by atoms with E-state index in [1.54, 1.807) is 6.92 Å². The summed E-state index contributed by atoms with van der Waals surface area (Å²) in [6, 6.07) is 0. The Kier molecular flexibility index (Phi) is 5.92. The quantitative estimate of drug-likeness (QED) is 0.662. The largest absolute Gasteiger partial charge is 0.481 e. The maximum absolute atomic E-state index is 10.8.